The van der Waals surface area contributed by atoms with Crippen molar-refractivity contribution >= 4 is 0 Å². The van der Waals surface area contributed by atoms with E-state index >= 15 is 0 Å². The Labute approximate surface area is 105 Å². The van der Waals surface area contributed by atoms with E-state index in [4.69, 9.17) is 5.73 Å². The fraction of sp³-hybridized carbons (Fsp3) is 0.200. The van der Waals surface area contributed by atoms with Crippen LogP contribution < -0.4 is 5.73 Å². The maximum Gasteiger partial charge on any atom is 0.298 e. The van der Waals surface area contributed by atoms with Crippen LogP contribution >= 0.6 is 0 Å². The van der Waals surface area contributed by atoms with Crippen molar-refractivity contribution in [2.24, 2.45) is 5.73 Å². The molecule has 0 bridgehead atoms. The zero-order valence-electron chi connectivity index (χ0n) is 10.1. The Bertz CT molecular complexity index is 521. The van der Waals surface area contributed by atoms with Crippen LogP contribution in [0.4, 0.5) is 8.78 Å². The second-order valence-electron chi connectivity index (χ2n) is 4.35. The third-order valence-electron chi connectivity index (χ3n) is 2.91. The second kappa shape index (κ2) is 4.86. The maximum atomic E-state index is 14.3. The Balaban J connectivity index is 2.44. The van der Waals surface area contributed by atoms with Crippen molar-refractivity contribution < 1.29 is 8.78 Å². The number of halogens is 2. The first-order valence-electron chi connectivity index (χ1n) is 5.81. The van der Waals surface area contributed by atoms with Gasteiger partial charge >= 0.3 is 0 Å². The molecule has 0 saturated carbocycles. The Hall–Kier alpha value is -1.74. The second-order valence-corrected chi connectivity index (χ2v) is 4.35. The van der Waals surface area contributed by atoms with E-state index in [0.717, 1.165) is 0 Å². The molecule has 0 heterocycles. The third kappa shape index (κ3) is 2.41. The highest BCUT2D eigenvalue weighted by atomic mass is 19.3. The molecule has 2 aromatic rings. The molecule has 1 nitrogen and oxygen atoms in total. The zero-order chi connectivity index (χ0) is 13.2. The number of nitrogens with two attached hydrogens (primary N) is 1. The summed E-state index contributed by atoms with van der Waals surface area (Å²) < 4.78 is 28.6. The average molecular weight is 247 g/mol. The minimum Gasteiger partial charge on any atom is -0.324 e. The SMILES string of the molecule is CC(N)c1cccc(C(F)(F)c2ccccc2)c1. The van der Waals surface area contributed by atoms with E-state index < -0.39 is 5.92 Å². The van der Waals surface area contributed by atoms with Gasteiger partial charge in [-0.15, -0.1) is 0 Å². The van der Waals surface area contributed by atoms with Crippen molar-refractivity contribution in [3.8, 4) is 0 Å². The smallest absolute Gasteiger partial charge is 0.298 e. The molecule has 18 heavy (non-hydrogen) atoms. The summed E-state index contributed by atoms with van der Waals surface area (Å²) in [6, 6.07) is 13.8. The molecule has 0 saturated heterocycles. The first-order valence-corrected chi connectivity index (χ1v) is 5.81. The Morgan fingerprint density at radius 3 is 2.17 bits per heavy atom. The molecule has 0 aliphatic rings. The Kier molecular flexibility index (Phi) is 3.43. The van der Waals surface area contributed by atoms with Crippen LogP contribution in [0.2, 0.25) is 0 Å². The molecule has 2 rings (SSSR count). The minimum atomic E-state index is -2.99. The van der Waals surface area contributed by atoms with Crippen LogP contribution in [0.15, 0.2) is 54.6 Å². The van der Waals surface area contributed by atoms with Gasteiger partial charge in [-0.25, -0.2) is 0 Å². The number of hydrogen-bond donors (Lipinski definition) is 1. The first-order chi connectivity index (χ1) is 8.51. The quantitative estimate of drug-likeness (QED) is 0.876. The van der Waals surface area contributed by atoms with E-state index in [9.17, 15) is 8.78 Å². The summed E-state index contributed by atoms with van der Waals surface area (Å²) in [4.78, 5) is 0. The summed E-state index contributed by atoms with van der Waals surface area (Å²) >= 11 is 0. The van der Waals surface area contributed by atoms with Gasteiger partial charge in [-0.3, -0.25) is 0 Å². The van der Waals surface area contributed by atoms with Crippen LogP contribution in [0.5, 0.6) is 0 Å². The monoisotopic (exact) mass is 247 g/mol. The van der Waals surface area contributed by atoms with Crippen LogP contribution in [0, 0.1) is 0 Å². The van der Waals surface area contributed by atoms with E-state index in [1.165, 1.54) is 24.3 Å². The van der Waals surface area contributed by atoms with Gasteiger partial charge in [0, 0.05) is 17.2 Å². The van der Waals surface area contributed by atoms with Crippen LogP contribution in [-0.2, 0) is 5.92 Å². The van der Waals surface area contributed by atoms with Gasteiger partial charge in [0.2, 0.25) is 0 Å². The van der Waals surface area contributed by atoms with Crippen molar-refractivity contribution in [3.05, 3.63) is 71.3 Å². The van der Waals surface area contributed by atoms with E-state index in [-0.39, 0.29) is 17.2 Å². The number of benzene rings is 2. The van der Waals surface area contributed by atoms with Gasteiger partial charge in [0.05, 0.1) is 0 Å². The molecule has 0 spiro atoms. The molecule has 0 radical (unpaired) electrons. The van der Waals surface area contributed by atoms with Crippen LogP contribution in [-0.4, -0.2) is 0 Å². The topological polar surface area (TPSA) is 26.0 Å². The van der Waals surface area contributed by atoms with Gasteiger partial charge in [-0.2, -0.15) is 8.78 Å². The molecule has 0 aliphatic carbocycles. The van der Waals surface area contributed by atoms with Crippen molar-refractivity contribution in [1.82, 2.24) is 0 Å². The molecule has 0 amide bonds. The Morgan fingerprint density at radius 2 is 1.56 bits per heavy atom. The fourth-order valence-corrected chi connectivity index (χ4v) is 1.83. The van der Waals surface area contributed by atoms with Crippen molar-refractivity contribution in [2.45, 2.75) is 18.9 Å². The third-order valence-corrected chi connectivity index (χ3v) is 2.91. The van der Waals surface area contributed by atoms with Gasteiger partial charge in [0.1, 0.15) is 0 Å². The van der Waals surface area contributed by atoms with Gasteiger partial charge in [0.25, 0.3) is 5.92 Å². The standard InChI is InChI=1S/C15H15F2N/c1-11(18)12-6-5-9-14(10-12)15(16,17)13-7-3-2-4-8-13/h2-11H,18H2,1H3. The normalized spacial score (nSPS) is 13.3. The molecule has 1 atom stereocenters. The lowest BCUT2D eigenvalue weighted by molar-refractivity contribution is 0.0427. The van der Waals surface area contributed by atoms with Crippen LogP contribution in [0.25, 0.3) is 0 Å². The van der Waals surface area contributed by atoms with E-state index in [1.54, 1.807) is 37.3 Å². The van der Waals surface area contributed by atoms with E-state index in [1.807, 2.05) is 0 Å². The molecule has 0 aromatic heterocycles. The zero-order valence-corrected chi connectivity index (χ0v) is 10.1. The van der Waals surface area contributed by atoms with Crippen molar-refractivity contribution in [1.29, 1.82) is 0 Å². The lowest BCUT2D eigenvalue weighted by atomic mass is 9.97. The highest BCUT2D eigenvalue weighted by Crippen LogP contribution is 2.36. The lowest BCUT2D eigenvalue weighted by Crippen LogP contribution is -2.16. The largest absolute Gasteiger partial charge is 0.324 e. The molecule has 2 N–H and O–H groups in total. The lowest BCUT2D eigenvalue weighted by Gasteiger charge is -2.18. The Morgan fingerprint density at radius 1 is 0.944 bits per heavy atom. The summed E-state index contributed by atoms with van der Waals surface area (Å²) in [6.45, 7) is 1.78. The first kappa shape index (κ1) is 12.7. The van der Waals surface area contributed by atoms with Gasteiger partial charge in [0.15, 0.2) is 0 Å². The van der Waals surface area contributed by atoms with E-state index in [0.29, 0.717) is 5.56 Å². The highest BCUT2D eigenvalue weighted by molar-refractivity contribution is 5.36. The molecule has 2 aromatic carbocycles. The molecular formula is C15H15F2N. The highest BCUT2D eigenvalue weighted by Gasteiger charge is 2.33. The van der Waals surface area contributed by atoms with Crippen LogP contribution in [0.3, 0.4) is 0 Å². The summed E-state index contributed by atoms with van der Waals surface area (Å²) in [6.07, 6.45) is 0. The van der Waals surface area contributed by atoms with Gasteiger partial charge in [-0.05, 0) is 18.6 Å². The number of hydrogen-bond acceptors (Lipinski definition) is 1. The molecule has 0 fully saturated rings. The van der Waals surface area contributed by atoms with Crippen molar-refractivity contribution in [3.63, 3.8) is 0 Å². The number of alkyl halides is 2. The maximum absolute atomic E-state index is 14.3. The molecule has 94 valence electrons. The predicted octanol–water partition coefficient (Wildman–Crippen LogP) is 3.85. The molecule has 0 aliphatic heterocycles. The summed E-state index contributed by atoms with van der Waals surface area (Å²) in [5.74, 6) is -2.99. The van der Waals surface area contributed by atoms with Gasteiger partial charge < -0.3 is 5.73 Å². The van der Waals surface area contributed by atoms with Crippen LogP contribution in [0.1, 0.15) is 29.7 Å². The molecule has 3 heteroatoms. The molecule has 1 unspecified atom stereocenters. The summed E-state index contributed by atoms with van der Waals surface area (Å²) in [5.41, 5.74) is 6.40. The summed E-state index contributed by atoms with van der Waals surface area (Å²) in [7, 11) is 0. The van der Waals surface area contributed by atoms with Gasteiger partial charge in [-0.1, -0.05) is 48.5 Å². The number of rotatable bonds is 3. The van der Waals surface area contributed by atoms with E-state index in [2.05, 4.69) is 0 Å². The minimum absolute atomic E-state index is 0.00757. The predicted molar refractivity (Wildman–Crippen MR) is 68.5 cm³/mol. The fourth-order valence-electron chi connectivity index (χ4n) is 1.83. The summed E-state index contributed by atoms with van der Waals surface area (Å²) in [5, 5.41) is 0. The average Bonchev–Trinajstić information content (AvgIpc) is 2.40. The van der Waals surface area contributed by atoms with Crippen molar-refractivity contribution in [2.75, 3.05) is 0 Å². The molecular weight excluding hydrogens is 232 g/mol.